The number of hydrogen-bond donors (Lipinski definition) is 5. The van der Waals surface area contributed by atoms with Crippen LogP contribution in [0, 0.1) is 0 Å². The van der Waals surface area contributed by atoms with Crippen LogP contribution in [0.4, 0.5) is 0 Å². The summed E-state index contributed by atoms with van der Waals surface area (Å²) >= 11 is 0. The number of amides is 4. The second-order valence-electron chi connectivity index (χ2n) is 7.71. The van der Waals surface area contributed by atoms with E-state index in [0.717, 1.165) is 25.7 Å². The molecule has 10 nitrogen and oxygen atoms in total. The molecule has 0 spiro atoms. The summed E-state index contributed by atoms with van der Waals surface area (Å²) in [5, 5.41) is 19.9. The molecule has 10 heteroatoms. The van der Waals surface area contributed by atoms with Crippen molar-refractivity contribution in [3.05, 3.63) is 0 Å². The van der Waals surface area contributed by atoms with Crippen LogP contribution in [0.2, 0.25) is 0 Å². The van der Waals surface area contributed by atoms with Gasteiger partial charge in [-0.3, -0.25) is 19.2 Å². The van der Waals surface area contributed by atoms with Gasteiger partial charge in [0.1, 0.15) is 6.04 Å². The Kier molecular flexibility index (Phi) is 17.5. The van der Waals surface area contributed by atoms with E-state index in [0.29, 0.717) is 45.3 Å². The van der Waals surface area contributed by atoms with E-state index in [1.807, 2.05) is 6.92 Å². The van der Waals surface area contributed by atoms with Gasteiger partial charge in [0, 0.05) is 45.3 Å². The fourth-order valence-corrected chi connectivity index (χ4v) is 2.85. The molecule has 1 unspecified atom stereocenters. The van der Waals surface area contributed by atoms with Crippen molar-refractivity contribution in [2.24, 2.45) is 0 Å². The molecule has 0 aliphatic carbocycles. The van der Waals surface area contributed by atoms with E-state index in [1.54, 1.807) is 0 Å². The minimum atomic E-state index is -1.21. The number of nitrogens with one attached hydrogen (secondary N) is 4. The smallest absolute Gasteiger partial charge is 0.326 e. The Hall–Kier alpha value is -2.65. The summed E-state index contributed by atoms with van der Waals surface area (Å²) in [6.07, 6.45) is 5.53. The van der Waals surface area contributed by atoms with Crippen molar-refractivity contribution in [1.82, 2.24) is 21.3 Å². The molecule has 0 fully saturated rings. The van der Waals surface area contributed by atoms with Crippen LogP contribution in [0.25, 0.3) is 0 Å². The molecule has 0 aromatic carbocycles. The summed E-state index contributed by atoms with van der Waals surface area (Å²) in [6.45, 7) is 5.33. The van der Waals surface area contributed by atoms with E-state index < -0.39 is 17.9 Å². The molecule has 0 aliphatic rings. The van der Waals surface area contributed by atoms with Crippen molar-refractivity contribution in [1.29, 1.82) is 0 Å². The molecule has 5 N–H and O–H groups in total. The van der Waals surface area contributed by atoms with Crippen molar-refractivity contribution in [3.63, 3.8) is 0 Å². The second-order valence-corrected chi connectivity index (χ2v) is 7.71. The van der Waals surface area contributed by atoms with Gasteiger partial charge in [0.15, 0.2) is 0 Å². The third kappa shape index (κ3) is 17.1. The van der Waals surface area contributed by atoms with Gasteiger partial charge >= 0.3 is 5.97 Å². The Bertz CT molecular complexity index is 597. The van der Waals surface area contributed by atoms with Gasteiger partial charge in [-0.25, -0.2) is 4.79 Å². The van der Waals surface area contributed by atoms with Crippen LogP contribution in [0.15, 0.2) is 0 Å². The average molecular weight is 457 g/mol. The lowest BCUT2D eigenvalue weighted by molar-refractivity contribution is -0.142. The van der Waals surface area contributed by atoms with E-state index >= 15 is 0 Å². The van der Waals surface area contributed by atoms with E-state index in [-0.39, 0.29) is 37.0 Å². The monoisotopic (exact) mass is 456 g/mol. The molecule has 4 amide bonds. The lowest BCUT2D eigenvalue weighted by Crippen LogP contribution is -2.41. The van der Waals surface area contributed by atoms with Crippen LogP contribution in [0.5, 0.6) is 0 Å². The molecule has 0 saturated carbocycles. The van der Waals surface area contributed by atoms with Crippen molar-refractivity contribution < 1.29 is 29.1 Å². The fourth-order valence-electron chi connectivity index (χ4n) is 2.85. The molecule has 0 heterocycles. The number of hydrogen-bond acceptors (Lipinski definition) is 5. The third-order valence-corrected chi connectivity index (χ3v) is 4.68. The second kappa shape index (κ2) is 19.1. The molecule has 0 aromatic heterocycles. The number of rotatable bonds is 19. The Labute approximate surface area is 190 Å². The van der Waals surface area contributed by atoms with Gasteiger partial charge in [0.25, 0.3) is 0 Å². The molecular formula is C22H40N4O6. The summed E-state index contributed by atoms with van der Waals surface area (Å²) < 4.78 is 0. The maximum atomic E-state index is 11.9. The van der Waals surface area contributed by atoms with E-state index in [4.69, 9.17) is 0 Å². The maximum absolute atomic E-state index is 11.9. The minimum absolute atomic E-state index is 0.0297. The van der Waals surface area contributed by atoms with E-state index in [9.17, 15) is 29.1 Å². The highest BCUT2D eigenvalue weighted by molar-refractivity contribution is 5.84. The van der Waals surface area contributed by atoms with Crippen LogP contribution in [-0.2, 0) is 24.0 Å². The predicted octanol–water partition coefficient (Wildman–Crippen LogP) is 1.24. The highest BCUT2D eigenvalue weighted by Crippen LogP contribution is 2.01. The molecule has 0 bridgehead atoms. The van der Waals surface area contributed by atoms with Gasteiger partial charge in [0.2, 0.25) is 23.6 Å². The molecule has 1 atom stereocenters. The van der Waals surface area contributed by atoms with Gasteiger partial charge in [-0.15, -0.1) is 0 Å². The summed E-state index contributed by atoms with van der Waals surface area (Å²) in [4.78, 5) is 58.2. The Morgan fingerprint density at radius 3 is 1.66 bits per heavy atom. The Balaban J connectivity index is 3.99. The van der Waals surface area contributed by atoms with Gasteiger partial charge in [-0.1, -0.05) is 26.7 Å². The summed E-state index contributed by atoms with van der Waals surface area (Å²) in [7, 11) is 0. The first kappa shape index (κ1) is 29.4. The molecule has 0 rings (SSSR count). The lowest BCUT2D eigenvalue weighted by atomic mass is 10.1. The van der Waals surface area contributed by atoms with Crippen LogP contribution in [0.3, 0.4) is 0 Å². The van der Waals surface area contributed by atoms with Crippen molar-refractivity contribution in [2.45, 2.75) is 90.5 Å². The summed E-state index contributed by atoms with van der Waals surface area (Å²) in [6, 6.07) is -1.16. The highest BCUT2D eigenvalue weighted by Gasteiger charge is 2.20. The Morgan fingerprint density at radius 2 is 1.12 bits per heavy atom. The fraction of sp³-hybridized carbons (Fsp3) is 0.773. The molecule has 184 valence electrons. The topological polar surface area (TPSA) is 154 Å². The normalized spacial score (nSPS) is 11.3. The predicted molar refractivity (Wildman–Crippen MR) is 121 cm³/mol. The van der Waals surface area contributed by atoms with Gasteiger partial charge in [-0.05, 0) is 32.1 Å². The molecule has 0 saturated heterocycles. The molecule has 0 aromatic rings. The maximum Gasteiger partial charge on any atom is 0.326 e. The Morgan fingerprint density at radius 1 is 0.625 bits per heavy atom. The quantitative estimate of drug-likeness (QED) is 0.184. The first-order chi connectivity index (χ1) is 15.3. The number of carbonyl (C=O) groups excluding carboxylic acids is 4. The van der Waals surface area contributed by atoms with Gasteiger partial charge < -0.3 is 26.4 Å². The van der Waals surface area contributed by atoms with Crippen molar-refractivity contribution >= 4 is 29.6 Å². The standard InChI is InChI=1S/C22H40N4O6/c1-3-5-6-14-23-19(28)10-7-15-25-20(29)13-12-17(22(31)32)26-21(30)11-8-16-24-18(27)9-4-2/h17H,3-16H2,1-2H3,(H,23,28)(H,24,27)(H,25,29)(H,26,30)(H,31,32). The average Bonchev–Trinajstić information content (AvgIpc) is 2.74. The summed E-state index contributed by atoms with van der Waals surface area (Å²) in [5.41, 5.74) is 0. The zero-order valence-corrected chi connectivity index (χ0v) is 19.5. The number of unbranched alkanes of at least 4 members (excludes halogenated alkanes) is 2. The number of carboxylic acid groups (broad SMARTS) is 1. The zero-order chi connectivity index (χ0) is 24.2. The number of carboxylic acids is 1. The van der Waals surface area contributed by atoms with Crippen LogP contribution in [-0.4, -0.2) is 60.4 Å². The highest BCUT2D eigenvalue weighted by atomic mass is 16.4. The summed E-state index contributed by atoms with van der Waals surface area (Å²) in [5.74, 6) is -2.09. The number of aliphatic carboxylic acids is 1. The number of carbonyl (C=O) groups is 5. The molecule has 32 heavy (non-hydrogen) atoms. The molecule has 0 radical (unpaired) electrons. The first-order valence-corrected chi connectivity index (χ1v) is 11.6. The van der Waals surface area contributed by atoms with Gasteiger partial charge in [0.05, 0.1) is 0 Å². The SMILES string of the molecule is CCCCCNC(=O)CCCNC(=O)CCC(NC(=O)CCCNC(=O)CCC)C(=O)O. The molecule has 0 aliphatic heterocycles. The van der Waals surface area contributed by atoms with Crippen molar-refractivity contribution in [2.75, 3.05) is 19.6 Å². The minimum Gasteiger partial charge on any atom is -0.480 e. The molecular weight excluding hydrogens is 416 g/mol. The largest absolute Gasteiger partial charge is 0.480 e. The van der Waals surface area contributed by atoms with Crippen molar-refractivity contribution in [3.8, 4) is 0 Å². The van der Waals surface area contributed by atoms with E-state index in [2.05, 4.69) is 28.2 Å². The van der Waals surface area contributed by atoms with E-state index in [1.165, 1.54) is 0 Å². The zero-order valence-electron chi connectivity index (χ0n) is 19.5. The third-order valence-electron chi connectivity index (χ3n) is 4.68. The van der Waals surface area contributed by atoms with Crippen LogP contribution >= 0.6 is 0 Å². The van der Waals surface area contributed by atoms with Crippen LogP contribution < -0.4 is 21.3 Å². The van der Waals surface area contributed by atoms with Crippen LogP contribution in [0.1, 0.15) is 84.5 Å². The first-order valence-electron chi connectivity index (χ1n) is 11.6. The lowest BCUT2D eigenvalue weighted by Gasteiger charge is -2.14. The van der Waals surface area contributed by atoms with Gasteiger partial charge in [-0.2, -0.15) is 0 Å².